The molecule has 4 bridgehead atoms. The van der Waals surface area contributed by atoms with E-state index in [-0.39, 0.29) is 0 Å². The van der Waals surface area contributed by atoms with Gasteiger partial charge in [-0.2, -0.15) is 0 Å². The minimum atomic E-state index is -1.73. The SMILES string of the molecule is C[Si]1(C)O[Si](C)(C)C12[C]1CC3CC(C1)CC2(c1cccc2c1C=CC2)C3. The molecule has 2 unspecified atom stereocenters. The second kappa shape index (κ2) is 4.67. The Morgan fingerprint density at radius 3 is 2.35 bits per heavy atom. The number of benzene rings is 1. The van der Waals surface area contributed by atoms with Crippen molar-refractivity contribution in [3.05, 3.63) is 46.9 Å². The number of fused-ring (bicyclic) bond motifs is 1. The summed E-state index contributed by atoms with van der Waals surface area (Å²) in [6.45, 7) is 10.2. The van der Waals surface area contributed by atoms with E-state index in [1.807, 2.05) is 5.92 Å². The largest absolute Gasteiger partial charge is 0.455 e. The zero-order chi connectivity index (χ0) is 17.9. The third kappa shape index (κ3) is 1.56. The van der Waals surface area contributed by atoms with Gasteiger partial charge in [0.1, 0.15) is 0 Å². The van der Waals surface area contributed by atoms with Crippen LogP contribution in [0, 0.1) is 17.8 Å². The average molecular weight is 380 g/mol. The maximum absolute atomic E-state index is 6.90. The predicted octanol–water partition coefficient (Wildman–Crippen LogP) is 6.01. The fourth-order valence-electron chi connectivity index (χ4n) is 9.35. The second-order valence-electron chi connectivity index (χ2n) is 10.8. The first kappa shape index (κ1) is 16.3. The number of hydrogen-bond acceptors (Lipinski definition) is 1. The summed E-state index contributed by atoms with van der Waals surface area (Å²) in [5.74, 6) is 3.87. The monoisotopic (exact) mass is 379 g/mol. The minimum absolute atomic E-state index is 0.385. The highest BCUT2D eigenvalue weighted by Gasteiger charge is 2.83. The molecule has 137 valence electrons. The van der Waals surface area contributed by atoms with Crippen LogP contribution in [0.25, 0.3) is 6.08 Å². The van der Waals surface area contributed by atoms with Gasteiger partial charge in [0.25, 0.3) is 0 Å². The third-order valence-corrected chi connectivity index (χ3v) is 21.9. The van der Waals surface area contributed by atoms with Gasteiger partial charge in [-0.1, -0.05) is 30.4 Å². The van der Waals surface area contributed by atoms with Crippen LogP contribution in [0.2, 0.25) is 30.8 Å². The first-order chi connectivity index (χ1) is 12.3. The summed E-state index contributed by atoms with van der Waals surface area (Å²) in [6, 6.07) is 7.25. The third-order valence-electron chi connectivity index (χ3n) is 8.91. The summed E-state index contributed by atoms with van der Waals surface area (Å²) in [4.78, 5) is 0. The molecule has 5 aliphatic carbocycles. The van der Waals surface area contributed by atoms with E-state index < -0.39 is 16.6 Å². The lowest BCUT2D eigenvalue weighted by Crippen LogP contribution is -2.84. The van der Waals surface area contributed by atoms with Gasteiger partial charge in [-0.15, -0.1) is 0 Å². The van der Waals surface area contributed by atoms with Crippen LogP contribution in [-0.2, 0) is 16.0 Å². The van der Waals surface area contributed by atoms with Gasteiger partial charge in [0.2, 0.25) is 0 Å². The van der Waals surface area contributed by atoms with Crippen LogP contribution < -0.4 is 0 Å². The molecule has 1 saturated heterocycles. The van der Waals surface area contributed by atoms with E-state index >= 15 is 0 Å². The summed E-state index contributed by atoms with van der Waals surface area (Å²) in [7, 11) is -3.46. The molecule has 5 fully saturated rings. The zero-order valence-corrected chi connectivity index (χ0v) is 18.7. The second-order valence-corrected chi connectivity index (χ2v) is 19.7. The first-order valence-corrected chi connectivity index (χ1v) is 16.5. The van der Waals surface area contributed by atoms with E-state index in [9.17, 15) is 0 Å². The molecule has 1 spiro atoms. The molecule has 26 heavy (non-hydrogen) atoms. The Bertz CT molecular complexity index is 809. The van der Waals surface area contributed by atoms with Crippen LogP contribution in [0.15, 0.2) is 24.3 Å². The van der Waals surface area contributed by atoms with E-state index in [2.05, 4.69) is 56.5 Å². The summed E-state index contributed by atoms with van der Waals surface area (Å²) in [5.41, 5.74) is 5.27. The van der Waals surface area contributed by atoms with Crippen LogP contribution in [0.1, 0.15) is 48.8 Å². The molecular weight excluding hydrogens is 348 g/mol. The van der Waals surface area contributed by atoms with E-state index in [0.29, 0.717) is 10.1 Å². The topological polar surface area (TPSA) is 9.23 Å². The van der Waals surface area contributed by atoms with Crippen LogP contribution in [0.5, 0.6) is 0 Å². The first-order valence-electron chi connectivity index (χ1n) is 10.6. The van der Waals surface area contributed by atoms with Gasteiger partial charge in [0, 0.05) is 10.1 Å². The van der Waals surface area contributed by atoms with Crippen molar-refractivity contribution in [2.45, 2.75) is 74.8 Å². The molecule has 7 rings (SSSR count). The highest BCUT2D eigenvalue weighted by molar-refractivity contribution is 7.07. The lowest BCUT2D eigenvalue weighted by atomic mass is 9.46. The van der Waals surface area contributed by atoms with Crippen LogP contribution in [0.3, 0.4) is 0 Å². The molecule has 4 saturated carbocycles. The van der Waals surface area contributed by atoms with E-state index in [0.717, 1.165) is 18.3 Å². The molecule has 1 aromatic rings. The molecule has 6 aliphatic rings. The van der Waals surface area contributed by atoms with Crippen molar-refractivity contribution in [3.63, 3.8) is 0 Å². The Morgan fingerprint density at radius 2 is 1.69 bits per heavy atom. The van der Waals surface area contributed by atoms with Crippen molar-refractivity contribution in [3.8, 4) is 0 Å². The molecule has 1 aliphatic heterocycles. The normalized spacial score (nSPS) is 40.0. The van der Waals surface area contributed by atoms with Gasteiger partial charge in [0.15, 0.2) is 16.6 Å². The number of rotatable bonds is 1. The van der Waals surface area contributed by atoms with Crippen molar-refractivity contribution < 1.29 is 4.12 Å². The quantitative estimate of drug-likeness (QED) is 0.543. The van der Waals surface area contributed by atoms with Crippen molar-refractivity contribution in [1.82, 2.24) is 0 Å². The summed E-state index contributed by atoms with van der Waals surface area (Å²) < 4.78 is 7.36. The standard InChI is InChI=1S/C23H31OSi2/c1-25(2)23(26(3,4)24-25)19-12-16-11-17(13-19)15-22(23,14-16)21-10-6-8-18-7-5-9-20(18)21/h5-6,8-10,16-17H,7,11-15H2,1-4H3. The highest BCUT2D eigenvalue weighted by Crippen LogP contribution is 2.83. The summed E-state index contributed by atoms with van der Waals surface area (Å²) >= 11 is 0. The van der Waals surface area contributed by atoms with Crippen LogP contribution >= 0.6 is 0 Å². The Hall–Kier alpha value is -0.646. The molecule has 3 heteroatoms. The van der Waals surface area contributed by atoms with Gasteiger partial charge in [0.05, 0.1) is 0 Å². The summed E-state index contributed by atoms with van der Waals surface area (Å²) in [6.07, 6.45) is 13.2. The van der Waals surface area contributed by atoms with Gasteiger partial charge >= 0.3 is 0 Å². The van der Waals surface area contributed by atoms with Crippen molar-refractivity contribution >= 4 is 22.7 Å². The molecule has 1 nitrogen and oxygen atoms in total. The Labute approximate surface area is 160 Å². The zero-order valence-electron chi connectivity index (χ0n) is 16.7. The fourth-order valence-corrected chi connectivity index (χ4v) is 26.2. The van der Waals surface area contributed by atoms with Gasteiger partial charge in [-0.3, -0.25) is 0 Å². The smallest absolute Gasteiger partial charge is 0.180 e. The maximum atomic E-state index is 6.90. The van der Waals surface area contributed by atoms with Gasteiger partial charge in [-0.05, 0) is 99.2 Å². The maximum Gasteiger partial charge on any atom is 0.180 e. The summed E-state index contributed by atoms with van der Waals surface area (Å²) in [5, 5.41) is 0. The van der Waals surface area contributed by atoms with Gasteiger partial charge < -0.3 is 4.12 Å². The van der Waals surface area contributed by atoms with E-state index in [1.54, 1.807) is 16.7 Å². The minimum Gasteiger partial charge on any atom is -0.455 e. The predicted molar refractivity (Wildman–Crippen MR) is 113 cm³/mol. The van der Waals surface area contributed by atoms with Gasteiger partial charge in [-0.25, -0.2) is 0 Å². The van der Waals surface area contributed by atoms with Crippen molar-refractivity contribution in [2.24, 2.45) is 11.8 Å². The molecular formula is C23H31OSi2. The lowest BCUT2D eigenvalue weighted by Gasteiger charge is -2.80. The molecule has 1 aromatic carbocycles. The molecule has 0 N–H and O–H groups in total. The molecule has 1 heterocycles. The van der Waals surface area contributed by atoms with Crippen molar-refractivity contribution in [2.75, 3.05) is 0 Å². The Balaban J connectivity index is 1.66. The van der Waals surface area contributed by atoms with Crippen LogP contribution in [0.4, 0.5) is 0 Å². The average Bonchev–Trinajstić information content (AvgIpc) is 3.00. The molecule has 1 radical (unpaired) electrons. The molecule has 0 aromatic heterocycles. The Kier molecular flexibility index (Phi) is 2.93. The lowest BCUT2D eigenvalue weighted by molar-refractivity contribution is 0.0213. The van der Waals surface area contributed by atoms with Crippen LogP contribution in [-0.4, -0.2) is 16.6 Å². The molecule has 2 atom stereocenters. The Morgan fingerprint density at radius 1 is 1.00 bits per heavy atom. The highest BCUT2D eigenvalue weighted by atomic mass is 28.5. The van der Waals surface area contributed by atoms with E-state index in [1.165, 1.54) is 32.1 Å². The number of hydrogen-bond donors (Lipinski definition) is 0. The van der Waals surface area contributed by atoms with E-state index in [4.69, 9.17) is 4.12 Å². The number of allylic oxidation sites excluding steroid dienone is 1. The molecule has 0 amide bonds. The van der Waals surface area contributed by atoms with Crippen molar-refractivity contribution in [1.29, 1.82) is 0 Å². The fraction of sp³-hybridized carbons (Fsp3) is 0.609.